The van der Waals surface area contributed by atoms with Crippen LogP contribution in [0.4, 0.5) is 0 Å². The number of imidazole rings is 1. The van der Waals surface area contributed by atoms with Crippen molar-refractivity contribution < 1.29 is 14.7 Å². The number of benzene rings is 1. The predicted octanol–water partition coefficient (Wildman–Crippen LogP) is 6.62. The quantitative estimate of drug-likeness (QED) is 0.226. The zero-order chi connectivity index (χ0) is 29.4. The monoisotopic (exact) mass is 601 g/mol. The zero-order valence-electron chi connectivity index (χ0n) is 23.5. The van der Waals surface area contributed by atoms with Gasteiger partial charge in [0, 0.05) is 41.0 Å². The second kappa shape index (κ2) is 11.6. The number of thioether (sulfide) groups is 1. The number of ketones is 1. The van der Waals surface area contributed by atoms with Gasteiger partial charge in [0.1, 0.15) is 21.7 Å². The number of carboxylic acids is 1. The first-order valence-electron chi connectivity index (χ1n) is 14.3. The summed E-state index contributed by atoms with van der Waals surface area (Å²) in [5.74, 6) is -0.0648. The van der Waals surface area contributed by atoms with Gasteiger partial charge in [-0.2, -0.15) is 0 Å². The molecular weight excluding hydrogens is 570 g/mol. The van der Waals surface area contributed by atoms with E-state index in [4.69, 9.17) is 21.6 Å². The van der Waals surface area contributed by atoms with Crippen LogP contribution in [-0.4, -0.2) is 58.6 Å². The number of carbonyl (C=O) groups excluding carboxylic acids is 1. The fourth-order valence-corrected chi connectivity index (χ4v) is 7.56. The molecule has 10 heteroatoms. The Kier molecular flexibility index (Phi) is 7.89. The first kappa shape index (κ1) is 28.6. The lowest BCUT2D eigenvalue weighted by molar-refractivity contribution is -0.138. The Morgan fingerprint density at radius 3 is 2.55 bits per heavy atom. The van der Waals surface area contributed by atoms with Crippen molar-refractivity contribution in [1.82, 2.24) is 19.5 Å². The van der Waals surface area contributed by atoms with Crippen LogP contribution in [-0.2, 0) is 16.0 Å². The SMILES string of the molecule is CC(C)SC1C(=O)C2(CCCCC2)C1=N[C@@H](Cc1ccc(-n2c(-c3ccc(Cl)nc3)nc3cccnc32)cc1)C(=O)O. The van der Waals surface area contributed by atoms with Gasteiger partial charge in [-0.3, -0.25) is 14.4 Å². The molecule has 0 aliphatic heterocycles. The first-order chi connectivity index (χ1) is 20.3. The van der Waals surface area contributed by atoms with Crippen LogP contribution in [0.2, 0.25) is 5.15 Å². The summed E-state index contributed by atoms with van der Waals surface area (Å²) in [6.45, 7) is 4.12. The van der Waals surface area contributed by atoms with Gasteiger partial charge in [-0.1, -0.05) is 56.8 Å². The Hall–Kier alpha value is -3.56. The number of nitrogens with zero attached hydrogens (tertiary/aromatic N) is 5. The highest BCUT2D eigenvalue weighted by atomic mass is 35.5. The van der Waals surface area contributed by atoms with E-state index in [-0.39, 0.29) is 22.7 Å². The largest absolute Gasteiger partial charge is 0.480 e. The Morgan fingerprint density at radius 1 is 1.12 bits per heavy atom. The Morgan fingerprint density at radius 2 is 1.88 bits per heavy atom. The third kappa shape index (κ3) is 5.24. The summed E-state index contributed by atoms with van der Waals surface area (Å²) in [5.41, 5.74) is 4.15. The molecule has 1 N–H and O–H groups in total. The van der Waals surface area contributed by atoms with E-state index < -0.39 is 17.4 Å². The fraction of sp³-hybridized carbons (Fsp3) is 0.375. The summed E-state index contributed by atoms with van der Waals surface area (Å²) < 4.78 is 1.96. The minimum Gasteiger partial charge on any atom is -0.480 e. The predicted molar refractivity (Wildman–Crippen MR) is 167 cm³/mol. The van der Waals surface area contributed by atoms with Crippen LogP contribution in [0.15, 0.2) is 65.9 Å². The average Bonchev–Trinajstić information content (AvgIpc) is 3.38. The molecule has 0 radical (unpaired) electrons. The molecule has 2 atom stereocenters. The van der Waals surface area contributed by atoms with Gasteiger partial charge < -0.3 is 5.11 Å². The molecule has 1 spiro atoms. The molecule has 0 amide bonds. The molecule has 216 valence electrons. The van der Waals surface area contributed by atoms with Crippen molar-refractivity contribution in [2.45, 2.75) is 68.9 Å². The van der Waals surface area contributed by atoms with Crippen molar-refractivity contribution in [3.8, 4) is 17.1 Å². The van der Waals surface area contributed by atoms with Crippen molar-refractivity contribution in [2.75, 3.05) is 0 Å². The van der Waals surface area contributed by atoms with Gasteiger partial charge in [0.05, 0.1) is 5.41 Å². The molecule has 2 aliphatic rings. The molecule has 42 heavy (non-hydrogen) atoms. The summed E-state index contributed by atoms with van der Waals surface area (Å²) >= 11 is 7.61. The molecule has 0 bridgehead atoms. The van der Waals surface area contributed by atoms with Gasteiger partial charge in [-0.15, -0.1) is 11.8 Å². The van der Waals surface area contributed by atoms with E-state index in [2.05, 4.69) is 23.8 Å². The maximum absolute atomic E-state index is 13.3. The highest BCUT2D eigenvalue weighted by molar-refractivity contribution is 8.02. The van der Waals surface area contributed by atoms with Crippen LogP contribution in [0, 0.1) is 5.41 Å². The standard InChI is InChI=1S/C32H32ClN5O3S/c1-19(2)42-26-27(32(28(26)39)14-4-3-5-15-32)36-24(31(40)41)17-20-8-11-22(12-9-20)38-29(21-10-13-25(33)35-18-21)37-23-7-6-16-34-30(23)38/h6-13,16,18-19,24,26H,3-5,14-15,17H2,1-2H3,(H,40,41)/t24-,26?/m0/s1. The van der Waals surface area contributed by atoms with Crippen LogP contribution >= 0.6 is 23.4 Å². The molecule has 2 fully saturated rings. The molecular formula is C32H32ClN5O3S. The van der Waals surface area contributed by atoms with Gasteiger partial charge in [-0.25, -0.2) is 19.7 Å². The van der Waals surface area contributed by atoms with Gasteiger partial charge in [0.15, 0.2) is 17.5 Å². The number of carbonyl (C=O) groups is 2. The molecule has 3 heterocycles. The lowest BCUT2D eigenvalue weighted by atomic mass is 9.58. The normalized spacial score (nSPS) is 19.9. The highest BCUT2D eigenvalue weighted by Crippen LogP contribution is 2.51. The average molecular weight is 602 g/mol. The van der Waals surface area contributed by atoms with E-state index in [1.54, 1.807) is 30.2 Å². The maximum Gasteiger partial charge on any atom is 0.328 e. The minimum absolute atomic E-state index is 0.235. The van der Waals surface area contributed by atoms with Crippen molar-refractivity contribution in [3.63, 3.8) is 0 Å². The lowest BCUT2D eigenvalue weighted by Crippen LogP contribution is -2.62. The number of aromatic nitrogens is 4. The van der Waals surface area contributed by atoms with Crippen LogP contribution in [0.25, 0.3) is 28.2 Å². The molecule has 0 saturated heterocycles. The number of rotatable bonds is 8. The van der Waals surface area contributed by atoms with E-state index in [9.17, 15) is 14.7 Å². The van der Waals surface area contributed by atoms with Gasteiger partial charge >= 0.3 is 5.97 Å². The van der Waals surface area contributed by atoms with Crippen molar-refractivity contribution in [1.29, 1.82) is 0 Å². The molecule has 3 aromatic heterocycles. The summed E-state index contributed by atoms with van der Waals surface area (Å²) in [7, 11) is 0. The van der Waals surface area contributed by atoms with Crippen molar-refractivity contribution >= 4 is 52.0 Å². The number of aliphatic carboxylic acids is 1. The smallest absolute Gasteiger partial charge is 0.328 e. The van der Waals surface area contributed by atoms with Gasteiger partial charge in [0.25, 0.3) is 0 Å². The number of carboxylic acid groups (broad SMARTS) is 1. The van der Waals surface area contributed by atoms with E-state index >= 15 is 0 Å². The van der Waals surface area contributed by atoms with Crippen molar-refractivity contribution in [3.05, 3.63) is 71.6 Å². The van der Waals surface area contributed by atoms with Crippen LogP contribution in [0.5, 0.6) is 0 Å². The maximum atomic E-state index is 13.3. The number of hydrogen-bond acceptors (Lipinski definition) is 7. The number of halogens is 1. The number of pyridine rings is 2. The molecule has 4 aromatic rings. The molecule has 8 nitrogen and oxygen atoms in total. The van der Waals surface area contributed by atoms with E-state index in [0.717, 1.165) is 60.1 Å². The minimum atomic E-state index is -0.979. The van der Waals surface area contributed by atoms with Crippen LogP contribution in [0.3, 0.4) is 0 Å². The molecule has 2 aliphatic carbocycles. The van der Waals surface area contributed by atoms with Crippen molar-refractivity contribution in [2.24, 2.45) is 10.4 Å². The molecule has 6 rings (SSSR count). The highest BCUT2D eigenvalue weighted by Gasteiger charge is 2.59. The van der Waals surface area contributed by atoms with Crippen LogP contribution in [0.1, 0.15) is 51.5 Å². The van der Waals surface area contributed by atoms with Gasteiger partial charge in [-0.05, 0) is 54.8 Å². The Balaban J connectivity index is 1.31. The lowest BCUT2D eigenvalue weighted by Gasteiger charge is -2.50. The summed E-state index contributed by atoms with van der Waals surface area (Å²) in [5, 5.41) is 10.5. The first-order valence-corrected chi connectivity index (χ1v) is 15.6. The third-order valence-corrected chi connectivity index (χ3v) is 9.65. The van der Waals surface area contributed by atoms with E-state index in [1.165, 1.54) is 0 Å². The third-order valence-electron chi connectivity index (χ3n) is 8.17. The summed E-state index contributed by atoms with van der Waals surface area (Å²) in [6, 6.07) is 14.1. The van der Waals surface area contributed by atoms with E-state index in [1.807, 2.05) is 47.0 Å². The van der Waals surface area contributed by atoms with Gasteiger partial charge in [0.2, 0.25) is 0 Å². The van der Waals surface area contributed by atoms with E-state index in [0.29, 0.717) is 16.6 Å². The Labute approximate surface area is 253 Å². The molecule has 1 aromatic carbocycles. The summed E-state index contributed by atoms with van der Waals surface area (Å²) in [4.78, 5) is 44.2. The number of Topliss-reactive ketones (excluding diaryl/α,β-unsaturated/α-hetero) is 1. The van der Waals surface area contributed by atoms with Crippen LogP contribution < -0.4 is 0 Å². The topological polar surface area (TPSA) is 110 Å². The Bertz CT molecular complexity index is 1660. The zero-order valence-corrected chi connectivity index (χ0v) is 25.1. The second-order valence-electron chi connectivity index (χ2n) is 11.3. The number of aliphatic imine (C=N–C) groups is 1. The molecule has 1 unspecified atom stereocenters. The molecule has 2 saturated carbocycles. The number of hydrogen-bond donors (Lipinski definition) is 1. The number of fused-ring (bicyclic) bond motifs is 1. The fourth-order valence-electron chi connectivity index (χ4n) is 6.14. The second-order valence-corrected chi connectivity index (χ2v) is 13.4. The summed E-state index contributed by atoms with van der Waals surface area (Å²) in [6.07, 6.45) is 8.27.